The van der Waals surface area contributed by atoms with Gasteiger partial charge < -0.3 is 9.47 Å². The van der Waals surface area contributed by atoms with Crippen molar-refractivity contribution in [3.63, 3.8) is 0 Å². The molecule has 0 spiro atoms. The van der Waals surface area contributed by atoms with Gasteiger partial charge >= 0.3 is 12.1 Å². The van der Waals surface area contributed by atoms with Crippen LogP contribution in [0.15, 0.2) is 18.2 Å². The minimum Gasteiger partial charge on any atom is -0.481 e. The summed E-state index contributed by atoms with van der Waals surface area (Å²) in [7, 11) is 0. The maximum absolute atomic E-state index is 12.8. The summed E-state index contributed by atoms with van der Waals surface area (Å²) in [4.78, 5) is 20.9. The van der Waals surface area contributed by atoms with E-state index in [1.165, 1.54) is 0 Å². The molecule has 122 valence electrons. The topological polar surface area (TPSA) is 78.7 Å². The lowest BCUT2D eigenvalue weighted by atomic mass is 10.1. The number of hydrogen-bond donors (Lipinski definition) is 0. The number of nitro benzene ring substituents is 1. The molecule has 0 saturated heterocycles. The summed E-state index contributed by atoms with van der Waals surface area (Å²) in [6.45, 7) is 1.34. The Morgan fingerprint density at radius 1 is 1.36 bits per heavy atom. The number of unbranched alkanes of at least 4 members (excludes halogenated alkanes) is 1. The highest BCUT2D eigenvalue weighted by atomic mass is 19.4. The van der Waals surface area contributed by atoms with Crippen LogP contribution in [0, 0.1) is 10.1 Å². The first-order valence-electron chi connectivity index (χ1n) is 6.39. The lowest BCUT2D eigenvalue weighted by molar-refractivity contribution is -0.385. The van der Waals surface area contributed by atoms with Crippen molar-refractivity contribution in [2.24, 2.45) is 0 Å². The minimum absolute atomic E-state index is 0.158. The van der Waals surface area contributed by atoms with Crippen molar-refractivity contribution in [1.82, 2.24) is 0 Å². The molecule has 0 aliphatic rings. The number of hydrogen-bond acceptors (Lipinski definition) is 5. The number of halogens is 3. The van der Waals surface area contributed by atoms with Crippen LogP contribution in [0.4, 0.5) is 18.9 Å². The van der Waals surface area contributed by atoms with Crippen molar-refractivity contribution in [3.8, 4) is 5.75 Å². The predicted molar refractivity (Wildman–Crippen MR) is 69.5 cm³/mol. The van der Waals surface area contributed by atoms with Crippen molar-refractivity contribution in [2.75, 3.05) is 13.2 Å². The van der Waals surface area contributed by atoms with E-state index in [0.717, 1.165) is 18.6 Å². The Kier molecular flexibility index (Phi) is 6.14. The van der Waals surface area contributed by atoms with E-state index in [2.05, 4.69) is 0 Å². The molecule has 9 heteroatoms. The molecule has 0 aliphatic heterocycles. The van der Waals surface area contributed by atoms with Crippen LogP contribution in [0.5, 0.6) is 5.75 Å². The molecule has 0 amide bonds. The van der Waals surface area contributed by atoms with Gasteiger partial charge in [-0.05, 0) is 12.5 Å². The fraction of sp³-hybridized carbons (Fsp3) is 0.462. The maximum Gasteiger partial charge on any atom is 0.420 e. The highest BCUT2D eigenvalue weighted by Crippen LogP contribution is 2.38. The van der Waals surface area contributed by atoms with Gasteiger partial charge in [0.1, 0.15) is 11.3 Å². The van der Waals surface area contributed by atoms with E-state index >= 15 is 0 Å². The third-order valence-corrected chi connectivity index (χ3v) is 2.59. The van der Waals surface area contributed by atoms with E-state index in [1.54, 1.807) is 0 Å². The van der Waals surface area contributed by atoms with Crippen LogP contribution in [0.1, 0.15) is 25.3 Å². The lowest BCUT2D eigenvalue weighted by Gasteiger charge is -2.13. The van der Waals surface area contributed by atoms with Gasteiger partial charge in [-0.15, -0.1) is 0 Å². The zero-order valence-corrected chi connectivity index (χ0v) is 11.7. The normalized spacial score (nSPS) is 11.1. The van der Waals surface area contributed by atoms with Crippen LogP contribution in [0.2, 0.25) is 0 Å². The molecule has 0 atom stereocenters. The summed E-state index contributed by atoms with van der Waals surface area (Å²) < 4.78 is 48.0. The smallest absolute Gasteiger partial charge is 0.420 e. The van der Waals surface area contributed by atoms with Gasteiger partial charge in [0.15, 0.2) is 6.61 Å². The van der Waals surface area contributed by atoms with Crippen molar-refractivity contribution < 1.29 is 32.4 Å². The number of esters is 1. The molecule has 0 heterocycles. The Balaban J connectivity index is 2.81. The van der Waals surface area contributed by atoms with Crippen LogP contribution in [0.3, 0.4) is 0 Å². The summed E-state index contributed by atoms with van der Waals surface area (Å²) in [5.41, 5.74) is -2.03. The summed E-state index contributed by atoms with van der Waals surface area (Å²) in [6.07, 6.45) is -3.40. The molecular weight excluding hydrogens is 307 g/mol. The Morgan fingerprint density at radius 2 is 2.05 bits per heavy atom. The zero-order chi connectivity index (χ0) is 16.8. The first-order chi connectivity index (χ1) is 10.3. The molecule has 0 bridgehead atoms. The third-order valence-electron chi connectivity index (χ3n) is 2.59. The van der Waals surface area contributed by atoms with E-state index in [-0.39, 0.29) is 6.61 Å². The average molecular weight is 321 g/mol. The standard InChI is InChI=1S/C13H14F3NO5/c1-2-3-6-21-12(18)8-22-11-5-4-9(17(19)20)7-10(11)13(14,15)16/h4-5,7H,2-3,6,8H2,1H3. The van der Waals surface area contributed by atoms with Gasteiger partial charge in [-0.2, -0.15) is 13.2 Å². The summed E-state index contributed by atoms with van der Waals surface area (Å²) in [5, 5.41) is 10.5. The number of carbonyl (C=O) groups is 1. The Labute approximate surface area is 124 Å². The molecule has 6 nitrogen and oxygen atoms in total. The molecule has 1 aromatic rings. The number of nitrogens with zero attached hydrogens (tertiary/aromatic N) is 1. The molecule has 0 radical (unpaired) electrons. The van der Waals surface area contributed by atoms with Gasteiger partial charge in [0, 0.05) is 12.1 Å². The van der Waals surface area contributed by atoms with E-state index in [1.807, 2.05) is 6.92 Å². The SMILES string of the molecule is CCCCOC(=O)COc1ccc([N+](=O)[O-])cc1C(F)(F)F. The van der Waals surface area contributed by atoms with E-state index < -0.39 is 40.7 Å². The highest BCUT2D eigenvalue weighted by Gasteiger charge is 2.36. The molecule has 0 aromatic heterocycles. The molecule has 0 saturated carbocycles. The van der Waals surface area contributed by atoms with E-state index in [4.69, 9.17) is 9.47 Å². The summed E-state index contributed by atoms with van der Waals surface area (Å²) >= 11 is 0. The molecule has 0 fully saturated rings. The monoisotopic (exact) mass is 321 g/mol. The zero-order valence-electron chi connectivity index (χ0n) is 11.7. The Bertz CT molecular complexity index is 545. The highest BCUT2D eigenvalue weighted by molar-refractivity contribution is 5.71. The van der Waals surface area contributed by atoms with Crippen molar-refractivity contribution in [2.45, 2.75) is 25.9 Å². The number of ether oxygens (including phenoxy) is 2. The van der Waals surface area contributed by atoms with Gasteiger partial charge in [-0.25, -0.2) is 4.79 Å². The second kappa shape index (κ2) is 7.62. The van der Waals surface area contributed by atoms with E-state index in [0.29, 0.717) is 12.5 Å². The largest absolute Gasteiger partial charge is 0.481 e. The number of carbonyl (C=O) groups excluding carboxylic acids is 1. The predicted octanol–water partition coefficient (Wildman–Crippen LogP) is 3.34. The van der Waals surface area contributed by atoms with Crippen LogP contribution in [0.25, 0.3) is 0 Å². The fourth-order valence-electron chi connectivity index (χ4n) is 1.49. The van der Waals surface area contributed by atoms with Crippen LogP contribution in [-0.2, 0) is 15.7 Å². The van der Waals surface area contributed by atoms with Crippen LogP contribution in [-0.4, -0.2) is 24.1 Å². The first kappa shape index (κ1) is 17.7. The van der Waals surface area contributed by atoms with Gasteiger partial charge in [0.05, 0.1) is 11.5 Å². The molecule has 0 aliphatic carbocycles. The first-order valence-corrected chi connectivity index (χ1v) is 6.39. The molecule has 1 aromatic carbocycles. The van der Waals surface area contributed by atoms with Crippen molar-refractivity contribution in [1.29, 1.82) is 0 Å². The van der Waals surface area contributed by atoms with Crippen molar-refractivity contribution >= 4 is 11.7 Å². The number of alkyl halides is 3. The van der Waals surface area contributed by atoms with E-state index in [9.17, 15) is 28.1 Å². The maximum atomic E-state index is 12.8. The lowest BCUT2D eigenvalue weighted by Crippen LogP contribution is -2.17. The molecule has 0 N–H and O–H groups in total. The Morgan fingerprint density at radius 3 is 2.59 bits per heavy atom. The molecule has 0 unspecified atom stereocenters. The number of benzene rings is 1. The van der Waals surface area contributed by atoms with Crippen molar-refractivity contribution in [3.05, 3.63) is 33.9 Å². The number of non-ortho nitro benzene ring substituents is 1. The molecular formula is C13H14F3NO5. The molecule has 22 heavy (non-hydrogen) atoms. The summed E-state index contributed by atoms with van der Waals surface area (Å²) in [6, 6.07) is 2.03. The second-order valence-electron chi connectivity index (χ2n) is 4.30. The second-order valence-corrected chi connectivity index (χ2v) is 4.30. The number of rotatable bonds is 7. The van der Waals surface area contributed by atoms with Crippen LogP contribution >= 0.6 is 0 Å². The van der Waals surface area contributed by atoms with Gasteiger partial charge in [-0.3, -0.25) is 10.1 Å². The average Bonchev–Trinajstić information content (AvgIpc) is 2.44. The minimum atomic E-state index is -4.84. The molecule has 1 rings (SSSR count). The van der Waals surface area contributed by atoms with Gasteiger partial charge in [-0.1, -0.05) is 13.3 Å². The fourth-order valence-corrected chi connectivity index (χ4v) is 1.49. The van der Waals surface area contributed by atoms with Gasteiger partial charge in [0.25, 0.3) is 5.69 Å². The van der Waals surface area contributed by atoms with Gasteiger partial charge in [0.2, 0.25) is 0 Å². The quantitative estimate of drug-likeness (QED) is 0.333. The Hall–Kier alpha value is -2.32. The third kappa shape index (κ3) is 5.23. The van der Waals surface area contributed by atoms with Crippen LogP contribution < -0.4 is 4.74 Å². The summed E-state index contributed by atoms with van der Waals surface area (Å²) in [5.74, 6) is -1.47. The number of nitro groups is 1.